The van der Waals surface area contributed by atoms with Crippen LogP contribution >= 0.6 is 23.2 Å². The van der Waals surface area contributed by atoms with Gasteiger partial charge < -0.3 is 10.6 Å². The monoisotopic (exact) mass is 343 g/mol. The van der Waals surface area contributed by atoms with Crippen molar-refractivity contribution >= 4 is 46.3 Å². The molecule has 0 aromatic heterocycles. The molecule has 9 heteroatoms. The van der Waals surface area contributed by atoms with E-state index in [9.17, 15) is 19.3 Å². The maximum absolute atomic E-state index is 13.5. The van der Waals surface area contributed by atoms with Gasteiger partial charge in [-0.25, -0.2) is 9.18 Å². The zero-order valence-corrected chi connectivity index (χ0v) is 12.3. The average Bonchev–Trinajstić information content (AvgIpc) is 2.45. The summed E-state index contributed by atoms with van der Waals surface area (Å²) in [4.78, 5) is 21.7. The smallest absolute Gasteiger partial charge is 0.308 e. The number of nitro groups is 1. The van der Waals surface area contributed by atoms with Crippen molar-refractivity contribution in [1.29, 1.82) is 0 Å². The summed E-state index contributed by atoms with van der Waals surface area (Å²) in [6, 6.07) is 6.42. The third-order valence-corrected chi connectivity index (χ3v) is 3.33. The lowest BCUT2D eigenvalue weighted by molar-refractivity contribution is -0.384. The van der Waals surface area contributed by atoms with Gasteiger partial charge in [-0.3, -0.25) is 10.1 Å². The number of urea groups is 1. The number of carbonyl (C=O) groups excluding carboxylic acids is 1. The van der Waals surface area contributed by atoms with Crippen LogP contribution in [0.15, 0.2) is 36.4 Å². The van der Waals surface area contributed by atoms with Crippen molar-refractivity contribution in [1.82, 2.24) is 0 Å². The molecule has 0 saturated heterocycles. The first-order valence-corrected chi connectivity index (χ1v) is 6.59. The summed E-state index contributed by atoms with van der Waals surface area (Å²) in [5, 5.41) is 15.8. The van der Waals surface area contributed by atoms with Gasteiger partial charge in [0.15, 0.2) is 0 Å². The van der Waals surface area contributed by atoms with E-state index in [2.05, 4.69) is 10.6 Å². The first kappa shape index (κ1) is 16.0. The highest BCUT2D eigenvalue weighted by Crippen LogP contribution is 2.25. The number of nitrogens with zero attached hydrogens (tertiary/aromatic N) is 1. The normalized spacial score (nSPS) is 10.1. The number of nitrogens with one attached hydrogen (secondary N) is 2. The molecule has 2 aromatic carbocycles. The van der Waals surface area contributed by atoms with E-state index < -0.39 is 16.8 Å². The van der Waals surface area contributed by atoms with Gasteiger partial charge in [0, 0.05) is 17.8 Å². The van der Waals surface area contributed by atoms with Crippen LogP contribution in [-0.2, 0) is 0 Å². The second-order valence-electron chi connectivity index (χ2n) is 4.13. The van der Waals surface area contributed by atoms with E-state index in [1.165, 1.54) is 18.2 Å². The molecule has 0 aliphatic rings. The Bertz CT molecular complexity index is 755. The molecular formula is C13H8Cl2FN3O3. The minimum atomic E-state index is -0.796. The Hall–Kier alpha value is -2.38. The number of nitro benzene ring substituents is 1. The summed E-state index contributed by atoms with van der Waals surface area (Å²) in [5.74, 6) is -0.796. The topological polar surface area (TPSA) is 84.3 Å². The van der Waals surface area contributed by atoms with Crippen molar-refractivity contribution in [3.63, 3.8) is 0 Å². The number of amides is 2. The fraction of sp³-hybridized carbons (Fsp3) is 0. The largest absolute Gasteiger partial charge is 0.323 e. The molecule has 0 spiro atoms. The minimum absolute atomic E-state index is 0.237. The number of halogens is 3. The molecule has 0 fully saturated rings. The quantitative estimate of drug-likeness (QED) is 0.626. The van der Waals surface area contributed by atoms with E-state index in [0.717, 1.165) is 18.2 Å². The predicted octanol–water partition coefficient (Wildman–Crippen LogP) is 4.68. The van der Waals surface area contributed by atoms with Crippen LogP contribution in [0.25, 0.3) is 0 Å². The molecule has 22 heavy (non-hydrogen) atoms. The summed E-state index contributed by atoms with van der Waals surface area (Å²) in [6.07, 6.45) is 0. The van der Waals surface area contributed by atoms with Gasteiger partial charge in [-0.1, -0.05) is 23.2 Å². The number of benzene rings is 2. The Morgan fingerprint density at radius 2 is 1.82 bits per heavy atom. The van der Waals surface area contributed by atoms with Crippen LogP contribution in [0.4, 0.5) is 26.2 Å². The summed E-state index contributed by atoms with van der Waals surface area (Å²) >= 11 is 11.5. The van der Waals surface area contributed by atoms with E-state index >= 15 is 0 Å². The number of hydrogen-bond acceptors (Lipinski definition) is 3. The maximum atomic E-state index is 13.5. The minimum Gasteiger partial charge on any atom is -0.308 e. The Morgan fingerprint density at radius 3 is 2.45 bits per heavy atom. The van der Waals surface area contributed by atoms with E-state index in [4.69, 9.17) is 23.2 Å². The van der Waals surface area contributed by atoms with Crippen LogP contribution < -0.4 is 10.6 Å². The van der Waals surface area contributed by atoms with Crippen molar-refractivity contribution in [3.05, 3.63) is 62.4 Å². The van der Waals surface area contributed by atoms with Gasteiger partial charge in [-0.2, -0.15) is 0 Å². The van der Waals surface area contributed by atoms with E-state index in [1.54, 1.807) is 0 Å². The molecule has 2 rings (SSSR count). The third kappa shape index (κ3) is 3.84. The first-order chi connectivity index (χ1) is 10.4. The lowest BCUT2D eigenvalue weighted by Gasteiger charge is -2.09. The van der Waals surface area contributed by atoms with Crippen LogP contribution in [0.2, 0.25) is 10.0 Å². The molecular weight excluding hydrogens is 336 g/mol. The summed E-state index contributed by atoms with van der Waals surface area (Å²) < 4.78 is 13.5. The Labute approximate surface area is 134 Å². The standard InChI is InChI=1S/C13H8Cl2FN3O3/c14-9-3-1-7(5-10(9)15)17-13(20)18-12-6-8(19(21)22)2-4-11(12)16/h1-6H,(H2,17,18,20). The van der Waals surface area contributed by atoms with E-state index in [-0.39, 0.29) is 16.4 Å². The molecule has 0 radical (unpaired) electrons. The molecule has 0 aliphatic carbocycles. The van der Waals surface area contributed by atoms with Gasteiger partial charge in [0.2, 0.25) is 0 Å². The van der Waals surface area contributed by atoms with Crippen molar-refractivity contribution in [2.75, 3.05) is 10.6 Å². The number of hydrogen-bond donors (Lipinski definition) is 2. The Balaban J connectivity index is 2.13. The third-order valence-electron chi connectivity index (χ3n) is 2.59. The average molecular weight is 344 g/mol. The number of carbonyl (C=O) groups is 1. The maximum Gasteiger partial charge on any atom is 0.323 e. The fourth-order valence-electron chi connectivity index (χ4n) is 1.58. The lowest BCUT2D eigenvalue weighted by Crippen LogP contribution is -2.20. The molecule has 114 valence electrons. The summed E-state index contributed by atoms with van der Waals surface area (Å²) in [6.45, 7) is 0. The van der Waals surface area contributed by atoms with E-state index in [1.807, 2.05) is 0 Å². The van der Waals surface area contributed by atoms with Crippen molar-refractivity contribution in [2.24, 2.45) is 0 Å². The highest BCUT2D eigenvalue weighted by molar-refractivity contribution is 6.42. The molecule has 2 N–H and O–H groups in total. The molecule has 0 saturated carbocycles. The van der Waals surface area contributed by atoms with Gasteiger partial charge in [-0.15, -0.1) is 0 Å². The second-order valence-corrected chi connectivity index (χ2v) is 4.94. The van der Waals surface area contributed by atoms with Crippen LogP contribution in [-0.4, -0.2) is 11.0 Å². The van der Waals surface area contributed by atoms with E-state index in [0.29, 0.717) is 10.7 Å². The zero-order chi connectivity index (χ0) is 16.3. The molecule has 0 unspecified atom stereocenters. The number of non-ortho nitro benzene ring substituents is 1. The van der Waals surface area contributed by atoms with Gasteiger partial charge in [0.05, 0.1) is 20.7 Å². The molecule has 2 amide bonds. The van der Waals surface area contributed by atoms with Crippen LogP contribution in [0.5, 0.6) is 0 Å². The molecule has 0 heterocycles. The Morgan fingerprint density at radius 1 is 1.09 bits per heavy atom. The van der Waals surface area contributed by atoms with Crippen molar-refractivity contribution in [2.45, 2.75) is 0 Å². The van der Waals surface area contributed by atoms with Crippen molar-refractivity contribution in [3.8, 4) is 0 Å². The second kappa shape index (κ2) is 6.59. The number of anilines is 2. The number of rotatable bonds is 3. The van der Waals surface area contributed by atoms with Crippen molar-refractivity contribution < 1.29 is 14.1 Å². The van der Waals surface area contributed by atoms with Gasteiger partial charge in [0.25, 0.3) is 5.69 Å². The van der Waals surface area contributed by atoms with Gasteiger partial charge >= 0.3 is 6.03 Å². The highest BCUT2D eigenvalue weighted by Gasteiger charge is 2.13. The SMILES string of the molecule is O=C(Nc1ccc(Cl)c(Cl)c1)Nc1cc([N+](=O)[O-])ccc1F. The predicted molar refractivity (Wildman–Crippen MR) is 82.2 cm³/mol. The fourth-order valence-corrected chi connectivity index (χ4v) is 1.88. The van der Waals surface area contributed by atoms with Crippen LogP contribution in [0, 0.1) is 15.9 Å². The van der Waals surface area contributed by atoms with Crippen LogP contribution in [0.3, 0.4) is 0 Å². The first-order valence-electron chi connectivity index (χ1n) is 5.84. The van der Waals surface area contributed by atoms with Gasteiger partial charge in [0.1, 0.15) is 5.82 Å². The van der Waals surface area contributed by atoms with Gasteiger partial charge in [-0.05, 0) is 24.3 Å². The molecule has 0 bridgehead atoms. The summed E-state index contributed by atoms with van der Waals surface area (Å²) in [7, 11) is 0. The summed E-state index contributed by atoms with van der Waals surface area (Å²) in [5.41, 5.74) is -0.323. The Kier molecular flexibility index (Phi) is 4.79. The molecule has 0 aliphatic heterocycles. The molecule has 6 nitrogen and oxygen atoms in total. The lowest BCUT2D eigenvalue weighted by atomic mass is 10.2. The zero-order valence-electron chi connectivity index (χ0n) is 10.8. The molecule has 2 aromatic rings. The van der Waals surface area contributed by atoms with Crippen LogP contribution in [0.1, 0.15) is 0 Å². The molecule has 0 atom stereocenters. The highest BCUT2D eigenvalue weighted by atomic mass is 35.5.